The number of urea groups is 1. The molecule has 1 rings (SSSR count). The van der Waals surface area contributed by atoms with E-state index in [1.54, 1.807) is 20.8 Å². The third-order valence-corrected chi connectivity index (χ3v) is 3.36. The zero-order valence-electron chi connectivity index (χ0n) is 10.2. The molecule has 0 bridgehead atoms. The summed E-state index contributed by atoms with van der Waals surface area (Å²) in [5.41, 5.74) is -1.27. The van der Waals surface area contributed by atoms with Crippen LogP contribution in [0.4, 0.5) is 4.79 Å². The van der Waals surface area contributed by atoms with Gasteiger partial charge in [0.2, 0.25) is 11.8 Å². The molecule has 2 atom stereocenters. The first-order valence-corrected chi connectivity index (χ1v) is 5.69. The Morgan fingerprint density at radius 3 is 2.00 bits per heavy atom. The highest BCUT2D eigenvalue weighted by Gasteiger charge is 2.52. The Morgan fingerprint density at radius 1 is 1.18 bits per heavy atom. The lowest BCUT2D eigenvalue weighted by molar-refractivity contribution is -0.149. The Bertz CT molecular complexity index is 331. The van der Waals surface area contributed by atoms with Gasteiger partial charge in [0, 0.05) is 0 Å². The highest BCUT2D eigenvalue weighted by Crippen LogP contribution is 2.36. The molecular formula is C11H18N2O4. The summed E-state index contributed by atoms with van der Waals surface area (Å²) in [5.74, 6) is -1.51. The predicted octanol–water partition coefficient (Wildman–Crippen LogP) is 0.156. The molecule has 96 valence electrons. The number of carbonyl (C=O) groups excluding carboxylic acids is 3. The topological polar surface area (TPSA) is 95.5 Å². The van der Waals surface area contributed by atoms with Crippen LogP contribution >= 0.6 is 0 Å². The lowest BCUT2D eigenvalue weighted by Gasteiger charge is -2.38. The number of amides is 4. The monoisotopic (exact) mass is 242 g/mol. The van der Waals surface area contributed by atoms with Crippen molar-refractivity contribution < 1.29 is 19.5 Å². The van der Waals surface area contributed by atoms with Gasteiger partial charge in [0.15, 0.2) is 0 Å². The summed E-state index contributed by atoms with van der Waals surface area (Å²) in [4.78, 5) is 34.9. The summed E-state index contributed by atoms with van der Waals surface area (Å²) in [6.45, 7) is 5.04. The van der Waals surface area contributed by atoms with E-state index < -0.39 is 29.4 Å². The number of carbonyl (C=O) groups is 3. The molecule has 0 aromatic carbocycles. The van der Waals surface area contributed by atoms with Crippen LogP contribution in [0.15, 0.2) is 0 Å². The molecule has 1 aliphatic heterocycles. The van der Waals surface area contributed by atoms with Gasteiger partial charge in [-0.3, -0.25) is 20.2 Å². The first-order chi connectivity index (χ1) is 7.84. The molecule has 1 aliphatic rings. The van der Waals surface area contributed by atoms with E-state index in [4.69, 9.17) is 0 Å². The van der Waals surface area contributed by atoms with Crippen LogP contribution in [-0.2, 0) is 9.59 Å². The van der Waals surface area contributed by atoms with Gasteiger partial charge in [0.25, 0.3) is 0 Å². The molecule has 4 amide bonds. The molecule has 0 unspecified atom stereocenters. The molecule has 6 nitrogen and oxygen atoms in total. The maximum atomic E-state index is 11.9. The second kappa shape index (κ2) is 4.83. The smallest absolute Gasteiger partial charge is 0.328 e. The fraction of sp³-hybridized carbons (Fsp3) is 0.727. The zero-order valence-corrected chi connectivity index (χ0v) is 10.2. The minimum atomic E-state index is -1.27. The fourth-order valence-electron chi connectivity index (χ4n) is 2.39. The Hall–Kier alpha value is -1.43. The molecule has 1 heterocycles. The Kier molecular flexibility index (Phi) is 3.87. The normalized spacial score (nSPS) is 22.7. The zero-order chi connectivity index (χ0) is 13.2. The first-order valence-electron chi connectivity index (χ1n) is 5.69. The largest absolute Gasteiger partial charge is 0.393 e. The molecule has 1 fully saturated rings. The molecule has 0 saturated carbocycles. The highest BCUT2D eigenvalue weighted by molar-refractivity contribution is 6.19. The molecule has 3 N–H and O–H groups in total. The van der Waals surface area contributed by atoms with Crippen molar-refractivity contribution in [3.05, 3.63) is 0 Å². The number of nitrogens with one attached hydrogen (secondary N) is 2. The first kappa shape index (κ1) is 13.6. The summed E-state index contributed by atoms with van der Waals surface area (Å²) in [5, 5.41) is 13.6. The van der Waals surface area contributed by atoms with Gasteiger partial charge in [0.1, 0.15) is 5.41 Å². The molecule has 0 radical (unpaired) electrons. The summed E-state index contributed by atoms with van der Waals surface area (Å²) in [7, 11) is 0. The number of imide groups is 2. The van der Waals surface area contributed by atoms with Gasteiger partial charge in [-0.15, -0.1) is 0 Å². The van der Waals surface area contributed by atoms with Gasteiger partial charge in [-0.1, -0.05) is 13.8 Å². The average Bonchev–Trinajstić information content (AvgIpc) is 2.16. The Balaban J connectivity index is 3.04. The van der Waals surface area contributed by atoms with E-state index in [2.05, 4.69) is 10.6 Å². The van der Waals surface area contributed by atoms with Gasteiger partial charge in [0.05, 0.1) is 6.10 Å². The number of hydrogen-bond acceptors (Lipinski definition) is 4. The quantitative estimate of drug-likeness (QED) is 0.612. The summed E-state index contributed by atoms with van der Waals surface area (Å²) in [6, 6.07) is -0.784. The van der Waals surface area contributed by atoms with Crippen molar-refractivity contribution in [2.75, 3.05) is 0 Å². The standard InChI is InChI=1S/C11H18N2O4/c1-4-11(6(2)5-7(3)14)8(15)12-10(17)13-9(11)16/h6-7,14H,4-5H2,1-3H3,(H2,12,13,15,16,17)/t6-,7+/m1/s1. The van der Waals surface area contributed by atoms with Crippen molar-refractivity contribution in [2.45, 2.75) is 39.7 Å². The molecule has 0 aromatic rings. The third kappa shape index (κ3) is 2.31. The summed E-state index contributed by atoms with van der Waals surface area (Å²) >= 11 is 0. The van der Waals surface area contributed by atoms with E-state index >= 15 is 0 Å². The van der Waals surface area contributed by atoms with E-state index in [9.17, 15) is 19.5 Å². The predicted molar refractivity (Wildman–Crippen MR) is 59.9 cm³/mol. The molecule has 0 spiro atoms. The number of aliphatic hydroxyl groups is 1. The van der Waals surface area contributed by atoms with Crippen molar-refractivity contribution >= 4 is 17.8 Å². The van der Waals surface area contributed by atoms with E-state index in [1.807, 2.05) is 0 Å². The second-order valence-corrected chi connectivity index (χ2v) is 4.55. The van der Waals surface area contributed by atoms with E-state index in [-0.39, 0.29) is 12.3 Å². The SMILES string of the molecule is CCC1([C@H](C)C[C@H](C)O)C(=O)NC(=O)NC1=O. The Morgan fingerprint density at radius 2 is 1.65 bits per heavy atom. The van der Waals surface area contributed by atoms with Crippen LogP contribution in [0.5, 0.6) is 0 Å². The third-order valence-electron chi connectivity index (χ3n) is 3.36. The number of hydrogen-bond donors (Lipinski definition) is 3. The minimum absolute atomic E-state index is 0.284. The average molecular weight is 242 g/mol. The van der Waals surface area contributed by atoms with Crippen LogP contribution in [0.3, 0.4) is 0 Å². The molecule has 1 saturated heterocycles. The molecule has 0 aromatic heterocycles. The van der Waals surface area contributed by atoms with Gasteiger partial charge in [-0.25, -0.2) is 4.79 Å². The molecule has 0 aliphatic carbocycles. The van der Waals surface area contributed by atoms with Gasteiger partial charge >= 0.3 is 6.03 Å². The van der Waals surface area contributed by atoms with E-state index in [0.29, 0.717) is 6.42 Å². The second-order valence-electron chi connectivity index (χ2n) is 4.55. The summed E-state index contributed by atoms with van der Waals surface area (Å²) in [6.07, 6.45) is 0.000906. The van der Waals surface area contributed by atoms with Gasteiger partial charge < -0.3 is 5.11 Å². The van der Waals surface area contributed by atoms with Crippen molar-refractivity contribution in [3.8, 4) is 0 Å². The van der Waals surface area contributed by atoms with Crippen LogP contribution < -0.4 is 10.6 Å². The van der Waals surface area contributed by atoms with Crippen LogP contribution in [0.25, 0.3) is 0 Å². The van der Waals surface area contributed by atoms with Crippen LogP contribution in [0.1, 0.15) is 33.6 Å². The molecule has 17 heavy (non-hydrogen) atoms. The maximum absolute atomic E-state index is 11.9. The highest BCUT2D eigenvalue weighted by atomic mass is 16.3. The van der Waals surface area contributed by atoms with Gasteiger partial charge in [-0.05, 0) is 25.7 Å². The van der Waals surface area contributed by atoms with Crippen molar-refractivity contribution in [1.82, 2.24) is 10.6 Å². The Labute approximate surface area is 99.8 Å². The van der Waals surface area contributed by atoms with Crippen molar-refractivity contribution in [1.29, 1.82) is 0 Å². The number of aliphatic hydroxyl groups excluding tert-OH is 1. The van der Waals surface area contributed by atoms with Crippen molar-refractivity contribution in [2.24, 2.45) is 11.3 Å². The lowest BCUT2D eigenvalue weighted by Crippen LogP contribution is -2.64. The van der Waals surface area contributed by atoms with Crippen molar-refractivity contribution in [3.63, 3.8) is 0 Å². The fourth-order valence-corrected chi connectivity index (χ4v) is 2.39. The van der Waals surface area contributed by atoms with Crippen LogP contribution in [0, 0.1) is 11.3 Å². The summed E-state index contributed by atoms with van der Waals surface area (Å²) < 4.78 is 0. The molecular weight excluding hydrogens is 224 g/mol. The minimum Gasteiger partial charge on any atom is -0.393 e. The number of rotatable bonds is 4. The van der Waals surface area contributed by atoms with E-state index in [1.165, 1.54) is 0 Å². The van der Waals surface area contributed by atoms with Crippen LogP contribution in [-0.4, -0.2) is 29.1 Å². The van der Waals surface area contributed by atoms with Crippen LogP contribution in [0.2, 0.25) is 0 Å². The number of barbiturate groups is 1. The maximum Gasteiger partial charge on any atom is 0.328 e. The van der Waals surface area contributed by atoms with Gasteiger partial charge in [-0.2, -0.15) is 0 Å². The molecule has 6 heteroatoms. The van der Waals surface area contributed by atoms with E-state index in [0.717, 1.165) is 0 Å². The lowest BCUT2D eigenvalue weighted by atomic mass is 9.69.